The fourth-order valence-electron chi connectivity index (χ4n) is 3.28. The summed E-state index contributed by atoms with van der Waals surface area (Å²) in [5.74, 6) is 1.38. The Balaban J connectivity index is 1.61. The molecule has 0 radical (unpaired) electrons. The molecule has 2 aromatic carbocycles. The van der Waals surface area contributed by atoms with Crippen LogP contribution in [-0.4, -0.2) is 45.3 Å². The van der Waals surface area contributed by atoms with Gasteiger partial charge in [-0.3, -0.25) is 4.90 Å². The molecule has 0 saturated carbocycles. The van der Waals surface area contributed by atoms with Crippen molar-refractivity contribution in [3.63, 3.8) is 0 Å². The van der Waals surface area contributed by atoms with Gasteiger partial charge in [-0.15, -0.1) is 0 Å². The molecule has 7 heteroatoms. The molecular weight excluding hydrogens is 357 g/mol. The summed E-state index contributed by atoms with van der Waals surface area (Å²) in [7, 11) is 3.21. The van der Waals surface area contributed by atoms with Crippen LogP contribution in [0, 0.1) is 0 Å². The summed E-state index contributed by atoms with van der Waals surface area (Å²) in [6.45, 7) is 3.70. The van der Waals surface area contributed by atoms with Crippen molar-refractivity contribution in [3.05, 3.63) is 53.6 Å². The maximum absolute atomic E-state index is 12.9. The topological polar surface area (TPSA) is 24.9 Å². The minimum atomic E-state index is -4.31. The van der Waals surface area contributed by atoms with Crippen molar-refractivity contribution in [2.24, 2.45) is 0 Å². The zero-order chi connectivity index (χ0) is 19.4. The first-order valence-corrected chi connectivity index (χ1v) is 8.76. The van der Waals surface area contributed by atoms with Gasteiger partial charge >= 0.3 is 6.18 Å². The van der Waals surface area contributed by atoms with Crippen LogP contribution in [0.5, 0.6) is 11.5 Å². The number of ether oxygens (including phenoxy) is 2. The summed E-state index contributed by atoms with van der Waals surface area (Å²) < 4.78 is 49.3. The van der Waals surface area contributed by atoms with Gasteiger partial charge in [0.2, 0.25) is 0 Å². The molecular formula is C20H23F3N2O2. The van der Waals surface area contributed by atoms with Crippen molar-refractivity contribution in [2.45, 2.75) is 12.7 Å². The predicted octanol–water partition coefficient (Wildman–Crippen LogP) is 4.04. The van der Waals surface area contributed by atoms with Crippen LogP contribution in [0.2, 0.25) is 0 Å². The third-order valence-corrected chi connectivity index (χ3v) is 4.77. The Hall–Kier alpha value is -2.41. The standard InChI is InChI=1S/C20H23F3N2O2/c1-26-18-7-6-15(12-19(18)27-2)14-24-8-10-25(11-9-24)17-5-3-4-16(13-17)20(21,22)23/h3-7,12-13H,8-11,14H2,1-2H3. The van der Waals surface area contributed by atoms with E-state index < -0.39 is 11.7 Å². The Morgan fingerprint density at radius 2 is 1.59 bits per heavy atom. The Bertz CT molecular complexity index is 772. The van der Waals surface area contributed by atoms with Crippen molar-refractivity contribution in [1.82, 2.24) is 4.90 Å². The van der Waals surface area contributed by atoms with E-state index in [2.05, 4.69) is 4.90 Å². The van der Waals surface area contributed by atoms with Gasteiger partial charge in [0.15, 0.2) is 11.5 Å². The van der Waals surface area contributed by atoms with Crippen molar-refractivity contribution in [1.29, 1.82) is 0 Å². The average molecular weight is 380 g/mol. The lowest BCUT2D eigenvalue weighted by molar-refractivity contribution is -0.137. The first-order valence-electron chi connectivity index (χ1n) is 8.76. The molecule has 0 atom stereocenters. The fraction of sp³-hybridized carbons (Fsp3) is 0.400. The van der Waals surface area contributed by atoms with Gasteiger partial charge in [-0.05, 0) is 35.9 Å². The molecule has 0 bridgehead atoms. The fourth-order valence-corrected chi connectivity index (χ4v) is 3.28. The second kappa shape index (κ2) is 8.08. The van der Waals surface area contributed by atoms with E-state index >= 15 is 0 Å². The molecule has 0 unspecified atom stereocenters. The minimum absolute atomic E-state index is 0.604. The quantitative estimate of drug-likeness (QED) is 0.782. The highest BCUT2D eigenvalue weighted by molar-refractivity contribution is 5.49. The summed E-state index contributed by atoms with van der Waals surface area (Å²) in [6, 6.07) is 11.4. The molecule has 1 fully saturated rings. The number of halogens is 3. The number of anilines is 1. The molecule has 0 spiro atoms. The van der Waals surface area contributed by atoms with Crippen LogP contribution < -0.4 is 14.4 Å². The number of rotatable bonds is 5. The van der Waals surface area contributed by atoms with Crippen LogP contribution in [0.1, 0.15) is 11.1 Å². The molecule has 146 valence electrons. The molecule has 0 aromatic heterocycles. The predicted molar refractivity (Wildman–Crippen MR) is 98.5 cm³/mol. The average Bonchev–Trinajstić information content (AvgIpc) is 2.68. The molecule has 1 aliphatic heterocycles. The number of alkyl halides is 3. The molecule has 4 nitrogen and oxygen atoms in total. The van der Waals surface area contributed by atoms with Gasteiger partial charge < -0.3 is 14.4 Å². The summed E-state index contributed by atoms with van der Waals surface area (Å²) >= 11 is 0. The molecule has 3 rings (SSSR count). The van der Waals surface area contributed by atoms with Gasteiger partial charge in [-0.2, -0.15) is 13.2 Å². The molecule has 0 aliphatic carbocycles. The van der Waals surface area contributed by atoms with Crippen molar-refractivity contribution in [3.8, 4) is 11.5 Å². The summed E-state index contributed by atoms with van der Waals surface area (Å²) in [4.78, 5) is 4.28. The third-order valence-electron chi connectivity index (χ3n) is 4.77. The van der Waals surface area contributed by atoms with E-state index in [1.54, 1.807) is 20.3 Å². The first kappa shape index (κ1) is 19.4. The van der Waals surface area contributed by atoms with E-state index in [9.17, 15) is 13.2 Å². The van der Waals surface area contributed by atoms with Crippen LogP contribution in [-0.2, 0) is 12.7 Å². The Morgan fingerprint density at radius 3 is 2.22 bits per heavy atom. The van der Waals surface area contributed by atoms with Crippen LogP contribution in [0.25, 0.3) is 0 Å². The van der Waals surface area contributed by atoms with Crippen molar-refractivity contribution < 1.29 is 22.6 Å². The lowest BCUT2D eigenvalue weighted by Gasteiger charge is -2.36. The number of hydrogen-bond acceptors (Lipinski definition) is 4. The van der Waals surface area contributed by atoms with Crippen molar-refractivity contribution in [2.75, 3.05) is 45.3 Å². The highest BCUT2D eigenvalue weighted by atomic mass is 19.4. The molecule has 1 saturated heterocycles. The first-order chi connectivity index (χ1) is 12.9. The third kappa shape index (κ3) is 4.66. The number of methoxy groups -OCH3 is 2. The number of piperazine rings is 1. The maximum atomic E-state index is 12.9. The van der Waals surface area contributed by atoms with E-state index in [0.29, 0.717) is 30.3 Å². The Kier molecular flexibility index (Phi) is 5.79. The second-order valence-corrected chi connectivity index (χ2v) is 6.50. The van der Waals surface area contributed by atoms with Gasteiger partial charge in [0.1, 0.15) is 0 Å². The van der Waals surface area contributed by atoms with Gasteiger partial charge in [0.05, 0.1) is 19.8 Å². The molecule has 0 N–H and O–H groups in total. The molecule has 2 aromatic rings. The number of benzene rings is 2. The Labute approximate surface area is 157 Å². The summed E-state index contributed by atoms with van der Waals surface area (Å²) in [6.07, 6.45) is -4.31. The number of nitrogens with zero attached hydrogens (tertiary/aromatic N) is 2. The van der Waals surface area contributed by atoms with Crippen LogP contribution >= 0.6 is 0 Å². The van der Waals surface area contributed by atoms with Gasteiger partial charge in [0, 0.05) is 38.4 Å². The summed E-state index contributed by atoms with van der Waals surface area (Å²) in [5.41, 5.74) is 1.13. The molecule has 1 aliphatic rings. The van der Waals surface area contributed by atoms with E-state index in [4.69, 9.17) is 9.47 Å². The van der Waals surface area contributed by atoms with Gasteiger partial charge in [-0.1, -0.05) is 12.1 Å². The SMILES string of the molecule is COc1ccc(CN2CCN(c3cccc(C(F)(F)F)c3)CC2)cc1OC. The van der Waals surface area contributed by atoms with Crippen LogP contribution in [0.3, 0.4) is 0 Å². The van der Waals surface area contributed by atoms with Crippen LogP contribution in [0.15, 0.2) is 42.5 Å². The van der Waals surface area contributed by atoms with E-state index in [1.807, 2.05) is 23.1 Å². The van der Waals surface area contributed by atoms with E-state index in [1.165, 1.54) is 12.1 Å². The highest BCUT2D eigenvalue weighted by Crippen LogP contribution is 2.32. The van der Waals surface area contributed by atoms with Gasteiger partial charge in [-0.25, -0.2) is 0 Å². The highest BCUT2D eigenvalue weighted by Gasteiger charge is 2.31. The maximum Gasteiger partial charge on any atom is 0.416 e. The van der Waals surface area contributed by atoms with Crippen LogP contribution in [0.4, 0.5) is 18.9 Å². The zero-order valence-corrected chi connectivity index (χ0v) is 15.4. The monoisotopic (exact) mass is 380 g/mol. The molecule has 0 amide bonds. The normalized spacial score (nSPS) is 15.7. The lowest BCUT2D eigenvalue weighted by atomic mass is 10.1. The summed E-state index contributed by atoms with van der Waals surface area (Å²) in [5, 5.41) is 0. The lowest BCUT2D eigenvalue weighted by Crippen LogP contribution is -2.46. The molecule has 1 heterocycles. The zero-order valence-electron chi connectivity index (χ0n) is 15.4. The van der Waals surface area contributed by atoms with E-state index in [0.717, 1.165) is 31.3 Å². The van der Waals surface area contributed by atoms with E-state index in [-0.39, 0.29) is 0 Å². The minimum Gasteiger partial charge on any atom is -0.493 e. The second-order valence-electron chi connectivity index (χ2n) is 6.50. The smallest absolute Gasteiger partial charge is 0.416 e. The van der Waals surface area contributed by atoms with Gasteiger partial charge in [0.25, 0.3) is 0 Å². The number of hydrogen-bond donors (Lipinski definition) is 0. The van der Waals surface area contributed by atoms with Crippen molar-refractivity contribution >= 4 is 5.69 Å². The molecule has 27 heavy (non-hydrogen) atoms. The Morgan fingerprint density at radius 1 is 0.889 bits per heavy atom. The largest absolute Gasteiger partial charge is 0.493 e.